The van der Waals surface area contributed by atoms with Gasteiger partial charge in [-0.15, -0.1) is 24.0 Å². The zero-order chi connectivity index (χ0) is 21.4. The summed E-state index contributed by atoms with van der Waals surface area (Å²) in [6.07, 6.45) is 8.26. The van der Waals surface area contributed by atoms with Gasteiger partial charge in [-0.2, -0.15) is 0 Å². The van der Waals surface area contributed by atoms with Crippen molar-refractivity contribution >= 4 is 29.9 Å². The summed E-state index contributed by atoms with van der Waals surface area (Å²) in [7, 11) is 1.83. The van der Waals surface area contributed by atoms with Crippen LogP contribution in [0.1, 0.15) is 50.5 Å². The van der Waals surface area contributed by atoms with Gasteiger partial charge in [-0.1, -0.05) is 25.3 Å². The number of aliphatic imine (C=N–C) groups is 1. The van der Waals surface area contributed by atoms with Gasteiger partial charge in [0, 0.05) is 44.7 Å². The number of guanidine groups is 1. The molecule has 0 bridgehead atoms. The summed E-state index contributed by atoms with van der Waals surface area (Å²) in [5.74, 6) is 3.15. The van der Waals surface area contributed by atoms with Gasteiger partial charge in [-0.25, -0.2) is 0 Å². The molecule has 2 heterocycles. The minimum atomic E-state index is 0. The van der Waals surface area contributed by atoms with E-state index in [2.05, 4.69) is 33.8 Å². The molecular formula is C24H38IN3O4. The van der Waals surface area contributed by atoms with E-state index in [0.29, 0.717) is 12.7 Å². The smallest absolute Gasteiger partial charge is 0.231 e. The normalized spacial score (nSPS) is 21.8. The van der Waals surface area contributed by atoms with Gasteiger partial charge in [-0.05, 0) is 43.4 Å². The molecule has 2 aliphatic heterocycles. The highest BCUT2D eigenvalue weighted by atomic mass is 127. The van der Waals surface area contributed by atoms with Gasteiger partial charge in [0.15, 0.2) is 17.5 Å². The first-order valence-electron chi connectivity index (χ1n) is 11.8. The van der Waals surface area contributed by atoms with Gasteiger partial charge >= 0.3 is 0 Å². The second kappa shape index (κ2) is 12.8. The van der Waals surface area contributed by atoms with Gasteiger partial charge in [0.1, 0.15) is 0 Å². The third kappa shape index (κ3) is 6.63. The predicted octanol–water partition coefficient (Wildman–Crippen LogP) is 3.84. The zero-order valence-corrected chi connectivity index (χ0v) is 21.5. The number of fused-ring (bicyclic) bond motifs is 1. The molecule has 2 fully saturated rings. The topological polar surface area (TPSA) is 73.3 Å². The third-order valence-corrected chi connectivity index (χ3v) is 6.75. The molecule has 7 nitrogen and oxygen atoms in total. The van der Waals surface area contributed by atoms with Gasteiger partial charge < -0.3 is 29.6 Å². The molecule has 1 aromatic carbocycles. The van der Waals surface area contributed by atoms with E-state index >= 15 is 0 Å². The minimum Gasteiger partial charge on any atom is -0.454 e. The Labute approximate surface area is 209 Å². The summed E-state index contributed by atoms with van der Waals surface area (Å²) in [5.41, 5.74) is 1.44. The maximum Gasteiger partial charge on any atom is 0.231 e. The highest BCUT2D eigenvalue weighted by molar-refractivity contribution is 14.0. The number of benzene rings is 1. The van der Waals surface area contributed by atoms with Crippen LogP contribution >= 0.6 is 24.0 Å². The highest BCUT2D eigenvalue weighted by Gasteiger charge is 2.35. The number of halogens is 1. The van der Waals surface area contributed by atoms with E-state index < -0.39 is 0 Å². The number of hydrogen-bond donors (Lipinski definition) is 2. The van der Waals surface area contributed by atoms with Crippen molar-refractivity contribution in [2.24, 2.45) is 10.9 Å². The van der Waals surface area contributed by atoms with Crippen LogP contribution in [0.5, 0.6) is 11.5 Å². The lowest BCUT2D eigenvalue weighted by Crippen LogP contribution is -2.46. The lowest BCUT2D eigenvalue weighted by molar-refractivity contribution is 0.0888. The molecule has 1 saturated heterocycles. The summed E-state index contributed by atoms with van der Waals surface area (Å²) in [5, 5.41) is 7.03. The maximum atomic E-state index is 5.80. The van der Waals surface area contributed by atoms with Crippen LogP contribution in [0, 0.1) is 5.92 Å². The first kappa shape index (κ1) is 25.4. The third-order valence-electron chi connectivity index (χ3n) is 6.75. The molecule has 32 heavy (non-hydrogen) atoms. The maximum absolute atomic E-state index is 5.80. The molecular weight excluding hydrogens is 521 g/mol. The fourth-order valence-corrected chi connectivity index (χ4v) is 4.84. The van der Waals surface area contributed by atoms with E-state index in [0.717, 1.165) is 69.8 Å². The van der Waals surface area contributed by atoms with Crippen LogP contribution in [0.25, 0.3) is 0 Å². The van der Waals surface area contributed by atoms with Crippen molar-refractivity contribution in [2.45, 2.75) is 50.4 Å². The summed E-state index contributed by atoms with van der Waals surface area (Å²) < 4.78 is 22.3. The number of ether oxygens (including phenoxy) is 4. The van der Waals surface area contributed by atoms with Crippen molar-refractivity contribution in [3.63, 3.8) is 0 Å². The molecule has 8 heteroatoms. The van der Waals surface area contributed by atoms with E-state index in [1.807, 2.05) is 7.05 Å². The monoisotopic (exact) mass is 559 g/mol. The average molecular weight is 559 g/mol. The van der Waals surface area contributed by atoms with Crippen LogP contribution in [0.15, 0.2) is 23.2 Å². The fourth-order valence-electron chi connectivity index (χ4n) is 4.84. The second-order valence-corrected chi connectivity index (χ2v) is 8.92. The Kier molecular flexibility index (Phi) is 10.2. The molecule has 0 aromatic heterocycles. The highest BCUT2D eigenvalue weighted by Crippen LogP contribution is 2.43. The molecule has 180 valence electrons. The molecule has 0 spiro atoms. The Bertz CT molecular complexity index is 734. The summed E-state index contributed by atoms with van der Waals surface area (Å²) in [4.78, 5) is 4.43. The van der Waals surface area contributed by atoms with E-state index in [1.165, 1.54) is 37.7 Å². The van der Waals surface area contributed by atoms with Crippen molar-refractivity contribution < 1.29 is 18.9 Å². The Hall–Kier alpha value is -1.26. The van der Waals surface area contributed by atoms with Crippen molar-refractivity contribution in [3.8, 4) is 11.5 Å². The Morgan fingerprint density at radius 3 is 2.78 bits per heavy atom. The predicted molar refractivity (Wildman–Crippen MR) is 136 cm³/mol. The molecule has 1 aromatic rings. The number of hydrogen-bond acceptors (Lipinski definition) is 5. The average Bonchev–Trinajstić information content (AvgIpc) is 3.50. The van der Waals surface area contributed by atoms with Gasteiger partial charge in [0.25, 0.3) is 0 Å². The van der Waals surface area contributed by atoms with Crippen molar-refractivity contribution in [1.82, 2.24) is 10.6 Å². The van der Waals surface area contributed by atoms with Crippen molar-refractivity contribution in [1.29, 1.82) is 0 Å². The van der Waals surface area contributed by atoms with Crippen LogP contribution in [-0.2, 0) is 14.9 Å². The molecule has 1 atom stereocenters. The lowest BCUT2D eigenvalue weighted by atomic mass is 9.69. The van der Waals surface area contributed by atoms with Gasteiger partial charge in [-0.3, -0.25) is 4.99 Å². The van der Waals surface area contributed by atoms with E-state index in [1.54, 1.807) is 0 Å². The standard InChI is InChI=1S/C24H37N3O4.HI/c1-25-23(26-11-5-12-28-15-19-8-13-29-16-19)27-17-24(9-3-2-4-10-24)20-6-7-21-22(14-20)31-18-30-21;/h6-7,14,19H,2-5,8-13,15-18H2,1H3,(H2,25,26,27);1H. The molecule has 0 radical (unpaired) electrons. The van der Waals surface area contributed by atoms with Crippen LogP contribution in [0.2, 0.25) is 0 Å². The molecule has 2 N–H and O–H groups in total. The van der Waals surface area contributed by atoms with Crippen molar-refractivity contribution in [2.75, 3.05) is 53.4 Å². The molecule has 1 unspecified atom stereocenters. The van der Waals surface area contributed by atoms with Gasteiger partial charge in [0.2, 0.25) is 6.79 Å². The zero-order valence-electron chi connectivity index (χ0n) is 19.2. The Morgan fingerprint density at radius 1 is 1.16 bits per heavy atom. The van der Waals surface area contributed by atoms with Crippen LogP contribution in [0.3, 0.4) is 0 Å². The largest absolute Gasteiger partial charge is 0.454 e. The summed E-state index contributed by atoms with van der Waals surface area (Å²) in [6.45, 7) is 5.33. The molecule has 3 aliphatic rings. The van der Waals surface area contributed by atoms with Crippen LogP contribution in [-0.4, -0.2) is 59.3 Å². The summed E-state index contributed by atoms with van der Waals surface area (Å²) in [6, 6.07) is 6.44. The molecule has 0 amide bonds. The number of nitrogens with one attached hydrogen (secondary N) is 2. The first-order valence-corrected chi connectivity index (χ1v) is 11.8. The first-order chi connectivity index (χ1) is 15.3. The minimum absolute atomic E-state index is 0. The quantitative estimate of drug-likeness (QED) is 0.207. The Balaban J connectivity index is 0.00000289. The Morgan fingerprint density at radius 2 is 2.00 bits per heavy atom. The summed E-state index contributed by atoms with van der Waals surface area (Å²) >= 11 is 0. The number of nitrogens with zero attached hydrogens (tertiary/aromatic N) is 1. The SMILES string of the molecule is CN=C(NCCCOCC1CCOC1)NCC1(c2ccc3c(c2)OCO3)CCCCC1.I. The van der Waals surface area contributed by atoms with Crippen molar-refractivity contribution in [3.05, 3.63) is 23.8 Å². The molecule has 1 saturated carbocycles. The molecule has 4 rings (SSSR count). The van der Waals surface area contributed by atoms with Crippen LogP contribution in [0.4, 0.5) is 0 Å². The second-order valence-electron chi connectivity index (χ2n) is 8.92. The van der Waals surface area contributed by atoms with E-state index in [9.17, 15) is 0 Å². The van der Waals surface area contributed by atoms with E-state index in [-0.39, 0.29) is 29.4 Å². The van der Waals surface area contributed by atoms with Gasteiger partial charge in [0.05, 0.1) is 13.2 Å². The molecule has 1 aliphatic carbocycles. The van der Waals surface area contributed by atoms with Crippen LogP contribution < -0.4 is 20.1 Å². The number of rotatable bonds is 9. The lowest BCUT2D eigenvalue weighted by Gasteiger charge is -2.38. The fraction of sp³-hybridized carbons (Fsp3) is 0.708. The van der Waals surface area contributed by atoms with E-state index in [4.69, 9.17) is 18.9 Å².